The van der Waals surface area contributed by atoms with E-state index in [1.165, 1.54) is 24.3 Å². The quantitative estimate of drug-likeness (QED) is 0.578. The lowest BCUT2D eigenvalue weighted by molar-refractivity contribution is 0.102. The number of rotatable bonds is 5. The van der Waals surface area contributed by atoms with Crippen LogP contribution in [0.3, 0.4) is 0 Å². The summed E-state index contributed by atoms with van der Waals surface area (Å²) in [6.07, 6.45) is 1.06. The Morgan fingerprint density at radius 1 is 0.964 bits per heavy atom. The number of hydrogen-bond donors (Lipinski definition) is 1. The van der Waals surface area contributed by atoms with Crippen molar-refractivity contribution < 1.29 is 17.9 Å². The lowest BCUT2D eigenvalue weighted by atomic mass is 10.2. The number of para-hydroxylation sites is 1. The maximum absolute atomic E-state index is 12.7. The average Bonchev–Trinajstić information content (AvgIpc) is 2.64. The Bertz CT molecular complexity index is 1130. The van der Waals surface area contributed by atoms with Crippen molar-refractivity contribution in [2.45, 2.75) is 4.90 Å². The number of anilines is 1. The molecular weight excluding hydrogens is 421 g/mol. The summed E-state index contributed by atoms with van der Waals surface area (Å²) in [4.78, 5) is 12.7. The number of halogens is 2. The van der Waals surface area contributed by atoms with Gasteiger partial charge in [0.2, 0.25) is 0 Å². The van der Waals surface area contributed by atoms with Crippen LogP contribution in [0.4, 0.5) is 5.69 Å². The first-order chi connectivity index (χ1) is 13.2. The molecule has 0 saturated carbocycles. The molecule has 0 bridgehead atoms. The first kappa shape index (κ1) is 20.2. The lowest BCUT2D eigenvalue weighted by Gasteiger charge is -2.14. The fourth-order valence-electron chi connectivity index (χ4n) is 2.40. The van der Waals surface area contributed by atoms with E-state index in [9.17, 15) is 13.2 Å². The molecule has 5 nitrogen and oxygen atoms in total. The number of carbonyl (C=O) groups is 1. The summed E-state index contributed by atoms with van der Waals surface area (Å²) in [5.74, 6) is 0.368. The molecule has 8 heteroatoms. The predicted molar refractivity (Wildman–Crippen MR) is 110 cm³/mol. The van der Waals surface area contributed by atoms with Gasteiger partial charge in [0, 0.05) is 11.3 Å². The van der Waals surface area contributed by atoms with Gasteiger partial charge in [-0.2, -0.15) is 0 Å². The first-order valence-corrected chi connectivity index (χ1v) is 10.7. The molecule has 0 aliphatic carbocycles. The van der Waals surface area contributed by atoms with Gasteiger partial charge in [-0.25, -0.2) is 8.42 Å². The van der Waals surface area contributed by atoms with Crippen molar-refractivity contribution in [2.24, 2.45) is 0 Å². The highest BCUT2D eigenvalue weighted by Gasteiger charge is 2.17. The van der Waals surface area contributed by atoms with E-state index < -0.39 is 15.7 Å². The van der Waals surface area contributed by atoms with Gasteiger partial charge in [0.25, 0.3) is 5.91 Å². The highest BCUT2D eigenvalue weighted by Crippen LogP contribution is 2.33. The maximum atomic E-state index is 12.7. The van der Waals surface area contributed by atoms with Crippen LogP contribution in [0.25, 0.3) is 0 Å². The molecule has 28 heavy (non-hydrogen) atoms. The standard InChI is InChI=1S/C20H15Cl2NO4S/c1-28(25,26)15-8-9-17(22)16(12-15)20(24)23-18-11-13(21)7-10-19(18)27-14-5-3-2-4-6-14/h2-12H,1H3,(H,23,24). The Labute approximate surface area is 172 Å². The zero-order chi connectivity index (χ0) is 20.3. The normalized spacial score (nSPS) is 11.1. The molecule has 0 heterocycles. The SMILES string of the molecule is CS(=O)(=O)c1ccc(Cl)c(C(=O)Nc2cc(Cl)ccc2Oc2ccccc2)c1. The summed E-state index contributed by atoms with van der Waals surface area (Å²) in [5.41, 5.74) is 0.345. The minimum Gasteiger partial charge on any atom is -0.455 e. The second-order valence-electron chi connectivity index (χ2n) is 5.92. The molecule has 3 aromatic rings. The summed E-state index contributed by atoms with van der Waals surface area (Å²) in [5, 5.41) is 3.20. The molecule has 144 valence electrons. The van der Waals surface area contributed by atoms with Crippen molar-refractivity contribution in [3.63, 3.8) is 0 Å². The number of amides is 1. The van der Waals surface area contributed by atoms with Gasteiger partial charge < -0.3 is 10.1 Å². The van der Waals surface area contributed by atoms with Crippen LogP contribution < -0.4 is 10.1 Å². The second-order valence-corrected chi connectivity index (χ2v) is 8.78. The van der Waals surface area contributed by atoms with E-state index in [2.05, 4.69) is 5.32 Å². The van der Waals surface area contributed by atoms with Gasteiger partial charge in [-0.1, -0.05) is 41.4 Å². The van der Waals surface area contributed by atoms with Crippen LogP contribution in [0.1, 0.15) is 10.4 Å². The van der Waals surface area contributed by atoms with Crippen LogP contribution in [-0.4, -0.2) is 20.6 Å². The first-order valence-electron chi connectivity index (χ1n) is 8.07. The molecule has 0 fully saturated rings. The van der Waals surface area contributed by atoms with Crippen molar-refractivity contribution in [3.8, 4) is 11.5 Å². The van der Waals surface area contributed by atoms with Gasteiger partial charge in [0.1, 0.15) is 5.75 Å². The fourth-order valence-corrected chi connectivity index (χ4v) is 3.43. The topological polar surface area (TPSA) is 72.5 Å². The molecule has 1 amide bonds. The van der Waals surface area contributed by atoms with Gasteiger partial charge in [-0.15, -0.1) is 0 Å². The third-order valence-corrected chi connectivity index (χ3v) is 5.45. The van der Waals surface area contributed by atoms with Crippen molar-refractivity contribution >= 4 is 44.6 Å². The molecule has 0 saturated heterocycles. The van der Waals surface area contributed by atoms with Crippen molar-refractivity contribution in [2.75, 3.05) is 11.6 Å². The van der Waals surface area contributed by atoms with Crippen LogP contribution in [0.5, 0.6) is 11.5 Å². The Balaban J connectivity index is 1.93. The molecular formula is C20H15Cl2NO4S. The number of benzene rings is 3. The fraction of sp³-hybridized carbons (Fsp3) is 0.0500. The molecule has 0 aliphatic heterocycles. The van der Waals surface area contributed by atoms with E-state index in [-0.39, 0.29) is 15.5 Å². The minimum absolute atomic E-state index is 0.00565. The lowest BCUT2D eigenvalue weighted by Crippen LogP contribution is -2.14. The van der Waals surface area contributed by atoms with Crippen LogP contribution in [0.15, 0.2) is 71.6 Å². The van der Waals surface area contributed by atoms with E-state index in [0.29, 0.717) is 22.2 Å². The van der Waals surface area contributed by atoms with Gasteiger partial charge in [0.05, 0.1) is 21.2 Å². The highest BCUT2D eigenvalue weighted by molar-refractivity contribution is 7.90. The number of nitrogens with one attached hydrogen (secondary N) is 1. The summed E-state index contributed by atoms with van der Waals surface area (Å²) in [7, 11) is -3.49. The van der Waals surface area contributed by atoms with E-state index in [0.717, 1.165) is 6.26 Å². The van der Waals surface area contributed by atoms with Crippen molar-refractivity contribution in [1.82, 2.24) is 0 Å². The molecule has 0 aromatic heterocycles. The molecule has 3 rings (SSSR count). The number of ether oxygens (including phenoxy) is 1. The molecule has 3 aromatic carbocycles. The van der Waals surface area contributed by atoms with Crippen LogP contribution in [-0.2, 0) is 9.84 Å². The predicted octanol–water partition coefficient (Wildman–Crippen LogP) is 5.44. The van der Waals surface area contributed by atoms with Crippen LogP contribution >= 0.6 is 23.2 Å². The van der Waals surface area contributed by atoms with Crippen molar-refractivity contribution in [3.05, 3.63) is 82.3 Å². The van der Waals surface area contributed by atoms with E-state index in [1.807, 2.05) is 18.2 Å². The molecule has 0 atom stereocenters. The third kappa shape index (κ3) is 4.84. The average molecular weight is 436 g/mol. The Morgan fingerprint density at radius 3 is 2.36 bits per heavy atom. The molecule has 0 spiro atoms. The Kier molecular flexibility index (Phi) is 5.93. The summed E-state index contributed by atoms with van der Waals surface area (Å²) in [6, 6.07) is 17.8. The van der Waals surface area contributed by atoms with E-state index in [4.69, 9.17) is 27.9 Å². The number of carbonyl (C=O) groups excluding carboxylic acids is 1. The minimum atomic E-state index is -3.49. The zero-order valence-corrected chi connectivity index (χ0v) is 17.0. The van der Waals surface area contributed by atoms with Gasteiger partial charge in [0.15, 0.2) is 15.6 Å². The largest absolute Gasteiger partial charge is 0.455 e. The number of sulfone groups is 1. The summed E-state index contributed by atoms with van der Waals surface area (Å²) < 4.78 is 29.3. The molecule has 0 radical (unpaired) electrons. The van der Waals surface area contributed by atoms with Gasteiger partial charge in [-0.05, 0) is 48.5 Å². The molecule has 1 N–H and O–H groups in total. The monoisotopic (exact) mass is 435 g/mol. The highest BCUT2D eigenvalue weighted by atomic mass is 35.5. The van der Waals surface area contributed by atoms with Gasteiger partial charge in [-0.3, -0.25) is 4.79 Å². The summed E-state index contributed by atoms with van der Waals surface area (Å²) >= 11 is 12.1. The number of hydrogen-bond acceptors (Lipinski definition) is 4. The van der Waals surface area contributed by atoms with Crippen molar-refractivity contribution in [1.29, 1.82) is 0 Å². The second kappa shape index (κ2) is 8.22. The van der Waals surface area contributed by atoms with Gasteiger partial charge >= 0.3 is 0 Å². The van der Waals surface area contributed by atoms with Crippen LogP contribution in [0.2, 0.25) is 10.0 Å². The zero-order valence-electron chi connectivity index (χ0n) is 14.6. The Hall–Kier alpha value is -2.54. The molecule has 0 unspecified atom stereocenters. The van der Waals surface area contributed by atoms with E-state index in [1.54, 1.807) is 24.3 Å². The molecule has 0 aliphatic rings. The Morgan fingerprint density at radius 2 is 1.68 bits per heavy atom. The van der Waals surface area contributed by atoms with Crippen LogP contribution in [0, 0.1) is 0 Å². The maximum Gasteiger partial charge on any atom is 0.257 e. The third-order valence-electron chi connectivity index (χ3n) is 3.77. The summed E-state index contributed by atoms with van der Waals surface area (Å²) in [6.45, 7) is 0. The smallest absolute Gasteiger partial charge is 0.257 e. The van der Waals surface area contributed by atoms with E-state index >= 15 is 0 Å².